The van der Waals surface area contributed by atoms with Gasteiger partial charge >= 0.3 is 0 Å². The SMILES string of the molecule is CO[C@@]1(C)O[C@@H]2O[C@H](CO[Si](c3ccccc3)(c3ccccc3)C(C)(C)C)[C@@H](O)[C@H](O)[C@@H]2O1. The number of rotatable bonds is 6. The normalized spacial score (nSPS) is 32.5. The molecule has 0 spiro atoms. The average molecular weight is 475 g/mol. The van der Waals surface area contributed by atoms with Gasteiger partial charge in [0.1, 0.15) is 24.4 Å². The number of methoxy groups -OCH3 is 1. The minimum absolute atomic E-state index is 0.0851. The summed E-state index contributed by atoms with van der Waals surface area (Å²) >= 11 is 0. The van der Waals surface area contributed by atoms with Crippen LogP contribution in [0.25, 0.3) is 0 Å². The fourth-order valence-corrected chi connectivity index (χ4v) is 9.38. The number of fused-ring (bicyclic) bond motifs is 1. The van der Waals surface area contributed by atoms with Gasteiger partial charge in [0.2, 0.25) is 0 Å². The zero-order valence-corrected chi connectivity index (χ0v) is 20.8. The first-order valence-electron chi connectivity index (χ1n) is 11.3. The van der Waals surface area contributed by atoms with E-state index in [4.69, 9.17) is 23.4 Å². The Labute approximate surface area is 196 Å². The van der Waals surface area contributed by atoms with Gasteiger partial charge < -0.3 is 28.8 Å². The number of aliphatic hydroxyl groups excluding tert-OH is 2. The standard InChI is InChI=1S/C25H34O7Si/c1-24(2,3)33(17-12-8-6-9-13-17,18-14-10-7-11-15-18)29-16-19-20(26)21(27)22-23(30-19)32-25(4,28-5)31-22/h6-15,19-23,26-27H,16H2,1-5H3/t19-,20-,21+,22+,23+,25-/m1/s1. The molecule has 2 fully saturated rings. The maximum Gasteiger partial charge on any atom is 0.282 e. The fraction of sp³-hybridized carbons (Fsp3) is 0.520. The average Bonchev–Trinajstić information content (AvgIpc) is 3.15. The maximum atomic E-state index is 10.9. The van der Waals surface area contributed by atoms with Crippen molar-refractivity contribution in [3.63, 3.8) is 0 Å². The molecule has 0 saturated carbocycles. The fourth-order valence-electron chi connectivity index (χ4n) is 4.81. The summed E-state index contributed by atoms with van der Waals surface area (Å²) in [4.78, 5) is 0. The molecular formula is C25H34O7Si. The molecule has 7 nitrogen and oxygen atoms in total. The molecule has 8 heteroatoms. The van der Waals surface area contributed by atoms with E-state index in [9.17, 15) is 10.2 Å². The van der Waals surface area contributed by atoms with Crippen molar-refractivity contribution in [3.05, 3.63) is 60.7 Å². The molecule has 2 aromatic carbocycles. The quantitative estimate of drug-likeness (QED) is 0.617. The van der Waals surface area contributed by atoms with Crippen molar-refractivity contribution in [1.29, 1.82) is 0 Å². The number of ether oxygens (including phenoxy) is 4. The third-order valence-electron chi connectivity index (χ3n) is 6.58. The number of aliphatic hydroxyl groups is 2. The minimum Gasteiger partial charge on any atom is -0.405 e. The van der Waals surface area contributed by atoms with Gasteiger partial charge in [-0.2, -0.15) is 0 Å². The summed E-state index contributed by atoms with van der Waals surface area (Å²) < 4.78 is 29.5. The van der Waals surface area contributed by atoms with Crippen LogP contribution in [0, 0.1) is 0 Å². The molecule has 0 aromatic heterocycles. The van der Waals surface area contributed by atoms with Crippen LogP contribution in [0.4, 0.5) is 0 Å². The molecule has 0 unspecified atom stereocenters. The Morgan fingerprint density at radius 2 is 1.45 bits per heavy atom. The summed E-state index contributed by atoms with van der Waals surface area (Å²) in [5.74, 6) is -1.34. The van der Waals surface area contributed by atoms with E-state index in [0.717, 1.165) is 10.4 Å². The largest absolute Gasteiger partial charge is 0.405 e. The first kappa shape index (κ1) is 24.5. The van der Waals surface area contributed by atoms with Crippen molar-refractivity contribution in [3.8, 4) is 0 Å². The summed E-state index contributed by atoms with van der Waals surface area (Å²) in [6.07, 6.45) is -4.93. The third kappa shape index (κ3) is 4.42. The molecule has 2 heterocycles. The maximum absolute atomic E-state index is 10.9. The molecule has 2 aliphatic heterocycles. The Morgan fingerprint density at radius 3 is 1.94 bits per heavy atom. The number of hydrogen-bond donors (Lipinski definition) is 2. The van der Waals surface area contributed by atoms with Crippen LogP contribution in [0.3, 0.4) is 0 Å². The summed E-state index contributed by atoms with van der Waals surface area (Å²) in [7, 11) is -1.38. The van der Waals surface area contributed by atoms with Gasteiger partial charge in [-0.05, 0) is 15.4 Å². The molecule has 2 saturated heterocycles. The van der Waals surface area contributed by atoms with Crippen LogP contribution >= 0.6 is 0 Å². The van der Waals surface area contributed by atoms with Crippen LogP contribution in [0.1, 0.15) is 27.7 Å². The third-order valence-corrected chi connectivity index (χ3v) is 11.6. The molecule has 180 valence electrons. The van der Waals surface area contributed by atoms with Crippen LogP contribution in [0.2, 0.25) is 5.04 Å². The molecule has 0 aliphatic carbocycles. The van der Waals surface area contributed by atoms with Crippen molar-refractivity contribution in [1.82, 2.24) is 0 Å². The van der Waals surface area contributed by atoms with Gasteiger partial charge in [0.05, 0.1) is 6.61 Å². The van der Waals surface area contributed by atoms with E-state index in [-0.39, 0.29) is 11.6 Å². The van der Waals surface area contributed by atoms with E-state index in [0.29, 0.717) is 0 Å². The highest BCUT2D eigenvalue weighted by Gasteiger charge is 2.57. The molecule has 2 aromatic rings. The molecule has 0 bridgehead atoms. The van der Waals surface area contributed by atoms with Crippen LogP contribution in [-0.4, -0.2) is 68.9 Å². The molecule has 0 radical (unpaired) electrons. The highest BCUT2D eigenvalue weighted by atomic mass is 28.4. The van der Waals surface area contributed by atoms with E-state index in [2.05, 4.69) is 45.0 Å². The lowest BCUT2D eigenvalue weighted by atomic mass is 9.99. The zero-order valence-electron chi connectivity index (χ0n) is 19.8. The first-order valence-corrected chi connectivity index (χ1v) is 13.2. The molecule has 2 aliphatic rings. The predicted octanol–water partition coefficient (Wildman–Crippen LogP) is 1.75. The van der Waals surface area contributed by atoms with Crippen molar-refractivity contribution >= 4 is 18.7 Å². The van der Waals surface area contributed by atoms with E-state index >= 15 is 0 Å². The summed E-state index contributed by atoms with van der Waals surface area (Å²) in [5, 5.41) is 23.6. The molecule has 4 rings (SSSR count). The van der Waals surface area contributed by atoms with Crippen molar-refractivity contribution in [2.45, 2.75) is 69.4 Å². The summed E-state index contributed by atoms with van der Waals surface area (Å²) in [5.41, 5.74) is 0. The van der Waals surface area contributed by atoms with Crippen LogP contribution < -0.4 is 10.4 Å². The highest BCUT2D eigenvalue weighted by molar-refractivity contribution is 6.99. The van der Waals surface area contributed by atoms with E-state index in [1.165, 1.54) is 7.11 Å². The van der Waals surface area contributed by atoms with E-state index < -0.39 is 45.0 Å². The smallest absolute Gasteiger partial charge is 0.282 e. The lowest BCUT2D eigenvalue weighted by Gasteiger charge is -2.45. The minimum atomic E-state index is -2.82. The van der Waals surface area contributed by atoms with Crippen molar-refractivity contribution in [2.75, 3.05) is 13.7 Å². The van der Waals surface area contributed by atoms with E-state index in [1.54, 1.807) is 6.92 Å². The second-order valence-corrected chi connectivity index (χ2v) is 14.1. The monoisotopic (exact) mass is 474 g/mol. The van der Waals surface area contributed by atoms with Gasteiger partial charge in [0.25, 0.3) is 14.3 Å². The van der Waals surface area contributed by atoms with Gasteiger partial charge in [-0.25, -0.2) is 0 Å². The van der Waals surface area contributed by atoms with Gasteiger partial charge in [0.15, 0.2) is 6.29 Å². The predicted molar refractivity (Wildman–Crippen MR) is 126 cm³/mol. The summed E-state index contributed by atoms with van der Waals surface area (Å²) in [6.45, 7) is 8.23. The van der Waals surface area contributed by atoms with Crippen LogP contribution in [-0.2, 0) is 23.4 Å². The number of benzene rings is 2. The zero-order chi connectivity index (χ0) is 23.9. The lowest BCUT2D eigenvalue weighted by molar-refractivity contribution is -0.334. The molecule has 6 atom stereocenters. The van der Waals surface area contributed by atoms with Crippen molar-refractivity contribution < 1.29 is 33.6 Å². The Balaban J connectivity index is 1.66. The Kier molecular flexibility index (Phi) is 6.83. The Hall–Kier alpha value is -1.62. The summed E-state index contributed by atoms with van der Waals surface area (Å²) in [6, 6.07) is 20.5. The topological polar surface area (TPSA) is 86.6 Å². The second kappa shape index (κ2) is 9.20. The highest BCUT2D eigenvalue weighted by Crippen LogP contribution is 2.39. The van der Waals surface area contributed by atoms with Gasteiger partial charge in [-0.15, -0.1) is 0 Å². The van der Waals surface area contributed by atoms with Gasteiger partial charge in [0, 0.05) is 14.0 Å². The van der Waals surface area contributed by atoms with Gasteiger partial charge in [-0.3, -0.25) is 4.74 Å². The molecule has 0 amide bonds. The van der Waals surface area contributed by atoms with Crippen molar-refractivity contribution in [2.24, 2.45) is 0 Å². The van der Waals surface area contributed by atoms with Crippen LogP contribution in [0.15, 0.2) is 60.7 Å². The first-order chi connectivity index (χ1) is 15.6. The Bertz CT molecular complexity index is 880. The lowest BCUT2D eigenvalue weighted by Crippen LogP contribution is -2.68. The second-order valence-electron chi connectivity index (χ2n) is 9.77. The van der Waals surface area contributed by atoms with E-state index in [1.807, 2.05) is 36.4 Å². The molecule has 33 heavy (non-hydrogen) atoms. The molecule has 2 N–H and O–H groups in total. The van der Waals surface area contributed by atoms with Gasteiger partial charge in [-0.1, -0.05) is 81.4 Å². The molecular weight excluding hydrogens is 440 g/mol. The Morgan fingerprint density at radius 1 is 0.909 bits per heavy atom. The number of hydrogen-bond acceptors (Lipinski definition) is 7. The van der Waals surface area contributed by atoms with Crippen LogP contribution in [0.5, 0.6) is 0 Å².